The summed E-state index contributed by atoms with van der Waals surface area (Å²) >= 11 is 0. The van der Waals surface area contributed by atoms with Gasteiger partial charge in [0, 0.05) is 25.6 Å². The molecule has 0 fully saturated rings. The molecule has 2 rings (SSSR count). The van der Waals surface area contributed by atoms with Crippen LogP contribution in [0.3, 0.4) is 0 Å². The van der Waals surface area contributed by atoms with Gasteiger partial charge >= 0.3 is 0 Å². The van der Waals surface area contributed by atoms with Crippen molar-refractivity contribution in [2.24, 2.45) is 7.05 Å². The summed E-state index contributed by atoms with van der Waals surface area (Å²) in [5, 5.41) is 6.83. The van der Waals surface area contributed by atoms with Gasteiger partial charge in [0.05, 0.1) is 18.5 Å². The number of benzene rings is 1. The van der Waals surface area contributed by atoms with Crippen molar-refractivity contribution in [2.45, 2.75) is 6.92 Å². The van der Waals surface area contributed by atoms with Crippen molar-refractivity contribution in [2.75, 3.05) is 18.2 Å². The molecule has 0 aliphatic carbocycles. The minimum absolute atomic E-state index is 0.153. The van der Waals surface area contributed by atoms with Gasteiger partial charge in [-0.15, -0.1) is 0 Å². The third-order valence-electron chi connectivity index (χ3n) is 2.70. The van der Waals surface area contributed by atoms with E-state index in [4.69, 9.17) is 10.5 Å². The highest BCUT2D eigenvalue weighted by Crippen LogP contribution is 2.31. The quantitative estimate of drug-likeness (QED) is 0.878. The third-order valence-corrected chi connectivity index (χ3v) is 2.70. The predicted octanol–water partition coefficient (Wildman–Crippen LogP) is 1.64. The van der Waals surface area contributed by atoms with E-state index in [1.807, 2.05) is 19.2 Å². The van der Waals surface area contributed by atoms with Crippen molar-refractivity contribution in [3.05, 3.63) is 24.3 Å². The molecule has 100 valence electrons. The lowest BCUT2D eigenvalue weighted by Crippen LogP contribution is -2.07. The predicted molar refractivity (Wildman–Crippen MR) is 73.9 cm³/mol. The monoisotopic (exact) mass is 260 g/mol. The van der Waals surface area contributed by atoms with Crippen molar-refractivity contribution in [1.29, 1.82) is 0 Å². The Morgan fingerprint density at radius 1 is 1.42 bits per heavy atom. The van der Waals surface area contributed by atoms with Crippen LogP contribution in [0, 0.1) is 0 Å². The molecule has 2 aromatic rings. The van der Waals surface area contributed by atoms with Gasteiger partial charge in [-0.2, -0.15) is 5.10 Å². The number of aromatic nitrogens is 2. The van der Waals surface area contributed by atoms with Gasteiger partial charge in [0.2, 0.25) is 5.91 Å². The molecule has 19 heavy (non-hydrogen) atoms. The Labute approximate surface area is 111 Å². The lowest BCUT2D eigenvalue weighted by Gasteiger charge is -2.11. The number of nitrogen functional groups attached to an aromatic ring is 1. The minimum Gasteiger partial charge on any atom is -0.495 e. The maximum absolute atomic E-state index is 11.2. The van der Waals surface area contributed by atoms with E-state index < -0.39 is 0 Å². The van der Waals surface area contributed by atoms with Crippen LogP contribution in [0.5, 0.6) is 5.75 Å². The van der Waals surface area contributed by atoms with E-state index in [1.165, 1.54) is 6.92 Å². The fourth-order valence-corrected chi connectivity index (χ4v) is 1.91. The number of amides is 1. The van der Waals surface area contributed by atoms with E-state index in [1.54, 1.807) is 23.9 Å². The summed E-state index contributed by atoms with van der Waals surface area (Å²) in [5.74, 6) is 0.906. The number of nitrogens with two attached hydrogens (primary N) is 1. The van der Waals surface area contributed by atoms with Gasteiger partial charge in [0.1, 0.15) is 11.6 Å². The Kier molecular flexibility index (Phi) is 3.41. The first-order valence-corrected chi connectivity index (χ1v) is 5.76. The number of carbonyl (C=O) groups is 1. The molecule has 6 heteroatoms. The maximum Gasteiger partial charge on any atom is 0.221 e. The van der Waals surface area contributed by atoms with Crippen LogP contribution in [0.15, 0.2) is 24.3 Å². The summed E-state index contributed by atoms with van der Waals surface area (Å²) in [5.41, 5.74) is 8.05. The van der Waals surface area contributed by atoms with Crippen LogP contribution < -0.4 is 15.8 Å². The average molecular weight is 260 g/mol. The molecule has 0 saturated heterocycles. The SMILES string of the molecule is COc1ccc(-c2cc(N)nn2C)cc1NC(C)=O. The molecule has 0 atom stereocenters. The van der Waals surface area contributed by atoms with Crippen molar-refractivity contribution < 1.29 is 9.53 Å². The van der Waals surface area contributed by atoms with Gasteiger partial charge in [0.15, 0.2) is 0 Å². The number of carbonyl (C=O) groups excluding carboxylic acids is 1. The van der Waals surface area contributed by atoms with Crippen molar-refractivity contribution in [3.63, 3.8) is 0 Å². The molecular formula is C13H16N4O2. The fraction of sp³-hybridized carbons (Fsp3) is 0.231. The number of aryl methyl sites for hydroxylation is 1. The molecular weight excluding hydrogens is 244 g/mol. The highest BCUT2D eigenvalue weighted by molar-refractivity contribution is 5.91. The van der Waals surface area contributed by atoms with Crippen LogP contribution in [0.25, 0.3) is 11.3 Å². The van der Waals surface area contributed by atoms with Crippen molar-refractivity contribution in [3.8, 4) is 17.0 Å². The van der Waals surface area contributed by atoms with E-state index in [2.05, 4.69) is 10.4 Å². The molecule has 0 aliphatic rings. The van der Waals surface area contributed by atoms with Gasteiger partial charge in [-0.1, -0.05) is 0 Å². The largest absolute Gasteiger partial charge is 0.495 e. The summed E-state index contributed by atoms with van der Waals surface area (Å²) < 4.78 is 6.90. The highest BCUT2D eigenvalue weighted by atomic mass is 16.5. The normalized spacial score (nSPS) is 10.3. The zero-order valence-electron chi connectivity index (χ0n) is 11.1. The van der Waals surface area contributed by atoms with Crippen molar-refractivity contribution in [1.82, 2.24) is 9.78 Å². The molecule has 3 N–H and O–H groups in total. The Balaban J connectivity index is 2.48. The number of hydrogen-bond acceptors (Lipinski definition) is 4. The molecule has 0 aliphatic heterocycles. The Morgan fingerprint density at radius 3 is 2.68 bits per heavy atom. The summed E-state index contributed by atoms with van der Waals surface area (Å²) in [6, 6.07) is 7.29. The Morgan fingerprint density at radius 2 is 2.16 bits per heavy atom. The average Bonchev–Trinajstić information content (AvgIpc) is 2.67. The summed E-state index contributed by atoms with van der Waals surface area (Å²) in [6.45, 7) is 1.45. The summed E-state index contributed by atoms with van der Waals surface area (Å²) in [6.07, 6.45) is 0. The van der Waals surface area contributed by atoms with E-state index in [9.17, 15) is 4.79 Å². The fourth-order valence-electron chi connectivity index (χ4n) is 1.91. The molecule has 6 nitrogen and oxygen atoms in total. The zero-order valence-corrected chi connectivity index (χ0v) is 11.1. The standard InChI is InChI=1S/C13H16N4O2/c1-8(18)15-10-6-9(4-5-12(10)19-3)11-7-13(14)16-17(11)2/h4-7H,1-3H3,(H2,14,16)(H,15,18). The van der Waals surface area contributed by atoms with E-state index >= 15 is 0 Å². The third kappa shape index (κ3) is 2.67. The number of nitrogens with zero attached hydrogens (tertiary/aromatic N) is 2. The van der Waals surface area contributed by atoms with Gasteiger partial charge in [-0.05, 0) is 18.2 Å². The highest BCUT2D eigenvalue weighted by Gasteiger charge is 2.10. The number of hydrogen-bond donors (Lipinski definition) is 2. The number of rotatable bonds is 3. The molecule has 1 heterocycles. The second-order valence-electron chi connectivity index (χ2n) is 4.17. The van der Waals surface area contributed by atoms with Gasteiger partial charge in [-0.25, -0.2) is 0 Å². The molecule has 1 aromatic heterocycles. The topological polar surface area (TPSA) is 82.2 Å². The van der Waals surface area contributed by atoms with Crippen LogP contribution >= 0.6 is 0 Å². The first-order valence-electron chi connectivity index (χ1n) is 5.76. The molecule has 0 unspecified atom stereocenters. The van der Waals surface area contributed by atoms with Gasteiger partial charge < -0.3 is 15.8 Å². The van der Waals surface area contributed by atoms with E-state index in [0.29, 0.717) is 17.3 Å². The van der Waals surface area contributed by atoms with E-state index in [-0.39, 0.29) is 5.91 Å². The molecule has 0 saturated carbocycles. The zero-order chi connectivity index (χ0) is 14.0. The lowest BCUT2D eigenvalue weighted by atomic mass is 10.1. The molecule has 0 bridgehead atoms. The van der Waals surface area contributed by atoms with Crippen LogP contribution in [-0.2, 0) is 11.8 Å². The van der Waals surface area contributed by atoms with E-state index in [0.717, 1.165) is 11.3 Å². The number of nitrogens with one attached hydrogen (secondary N) is 1. The molecule has 1 aromatic carbocycles. The minimum atomic E-state index is -0.153. The second kappa shape index (κ2) is 5.01. The molecule has 1 amide bonds. The maximum atomic E-state index is 11.2. The van der Waals surface area contributed by atoms with Crippen LogP contribution in [0.1, 0.15) is 6.92 Å². The van der Waals surface area contributed by atoms with Crippen LogP contribution in [0.4, 0.5) is 11.5 Å². The van der Waals surface area contributed by atoms with Gasteiger partial charge in [-0.3, -0.25) is 9.48 Å². The van der Waals surface area contributed by atoms with Crippen molar-refractivity contribution >= 4 is 17.4 Å². The lowest BCUT2D eigenvalue weighted by molar-refractivity contribution is -0.114. The van der Waals surface area contributed by atoms with Crippen LogP contribution in [-0.4, -0.2) is 22.8 Å². The summed E-state index contributed by atoms with van der Waals surface area (Å²) in [7, 11) is 3.37. The number of anilines is 2. The molecule has 0 spiro atoms. The Bertz CT molecular complexity index is 619. The number of methoxy groups -OCH3 is 1. The summed E-state index contributed by atoms with van der Waals surface area (Å²) in [4.78, 5) is 11.2. The number of ether oxygens (including phenoxy) is 1. The first-order chi connectivity index (χ1) is 9.01. The van der Waals surface area contributed by atoms with Crippen LogP contribution in [0.2, 0.25) is 0 Å². The molecule has 0 radical (unpaired) electrons. The smallest absolute Gasteiger partial charge is 0.221 e. The first kappa shape index (κ1) is 12.9. The van der Waals surface area contributed by atoms with Gasteiger partial charge in [0.25, 0.3) is 0 Å². The Hall–Kier alpha value is -2.50. The second-order valence-corrected chi connectivity index (χ2v) is 4.17.